The Kier molecular flexibility index (Phi) is 18.6. The van der Waals surface area contributed by atoms with Crippen molar-refractivity contribution in [1.29, 1.82) is 0 Å². The predicted octanol–water partition coefficient (Wildman–Crippen LogP) is 9.47. The molecule has 4 aromatic rings. The number of aliphatic hydroxyl groups excluding tert-OH is 1. The first-order chi connectivity index (χ1) is 29.5. The molecule has 61 heavy (non-hydrogen) atoms. The van der Waals surface area contributed by atoms with Gasteiger partial charge in [-0.3, -0.25) is 4.98 Å². The maximum absolute atomic E-state index is 15.6. The Labute approximate surface area is 355 Å². The van der Waals surface area contributed by atoms with Crippen LogP contribution in [0.3, 0.4) is 0 Å². The molecule has 5 rings (SSSR count). The van der Waals surface area contributed by atoms with Crippen molar-refractivity contribution in [2.75, 3.05) is 37.1 Å². The van der Waals surface area contributed by atoms with Crippen LogP contribution in [0.2, 0.25) is 0 Å². The first kappa shape index (κ1) is 47.3. The van der Waals surface area contributed by atoms with Crippen molar-refractivity contribution in [3.63, 3.8) is 0 Å². The summed E-state index contributed by atoms with van der Waals surface area (Å²) in [5.74, 6) is -2.14. The number of pyridine rings is 1. The summed E-state index contributed by atoms with van der Waals surface area (Å²) in [6.07, 6.45) is 18.4. The Bertz CT molecular complexity index is 1970. The normalized spacial score (nSPS) is 16.0. The van der Waals surface area contributed by atoms with Gasteiger partial charge < -0.3 is 40.3 Å². The molecule has 0 spiro atoms. The number of hydrogen-bond acceptors (Lipinski definition) is 12. The highest BCUT2D eigenvalue weighted by Gasteiger charge is 2.43. The fraction of sp³-hybridized carbons (Fsp3) is 0.614. The summed E-state index contributed by atoms with van der Waals surface area (Å²) in [7, 11) is 0. The second-order valence-corrected chi connectivity index (χ2v) is 16.1. The number of hydrogen-bond donors (Lipinski definition) is 3. The number of rotatable bonds is 26. The van der Waals surface area contributed by atoms with E-state index in [1.807, 2.05) is 0 Å². The smallest absolute Gasteiger partial charge is 0.454 e. The zero-order valence-corrected chi connectivity index (χ0v) is 35.3. The number of halogens is 4. The van der Waals surface area contributed by atoms with Crippen molar-refractivity contribution in [3.8, 4) is 17.0 Å². The third-order valence-electron chi connectivity index (χ3n) is 11.4. The standard InChI is InChI=1S/C44H62F4N8O5/c1-2-3-4-5-6-7-8-9-10-11-12-13-14-15-16-17-21-59-43(58)61-30-60-37-24-33(45)32(23-34(37)46)35-22-31(26-56-29-54-38-41(49)52-28-53-42(38)56)36(25-51-35)55-20-18-19-44(50,27-55)39(57)40(47)48/h22-25,28-29,39-40,57H,2-21,26-27,30,50H2,1H3,(H2,49,52,53)/t39-,44-/m1/s1. The van der Waals surface area contributed by atoms with Crippen molar-refractivity contribution in [2.45, 2.75) is 147 Å². The van der Waals surface area contributed by atoms with Crippen LogP contribution >= 0.6 is 0 Å². The molecule has 0 amide bonds. The van der Waals surface area contributed by atoms with E-state index < -0.39 is 48.4 Å². The number of ether oxygens (including phenoxy) is 3. The molecular formula is C44H62F4N8O5. The van der Waals surface area contributed by atoms with Gasteiger partial charge in [-0.2, -0.15) is 0 Å². The summed E-state index contributed by atoms with van der Waals surface area (Å²) in [5, 5.41) is 10.3. The lowest BCUT2D eigenvalue weighted by Gasteiger charge is -2.44. The monoisotopic (exact) mass is 858 g/mol. The van der Waals surface area contributed by atoms with E-state index in [4.69, 9.17) is 25.7 Å². The van der Waals surface area contributed by atoms with E-state index in [1.54, 1.807) is 15.5 Å². The first-order valence-corrected chi connectivity index (χ1v) is 21.8. The maximum Gasteiger partial charge on any atom is 0.511 e. The summed E-state index contributed by atoms with van der Waals surface area (Å²) in [6, 6.07) is 3.28. The van der Waals surface area contributed by atoms with Crippen LogP contribution in [0.25, 0.3) is 22.4 Å². The SMILES string of the molecule is CCCCCCCCCCCCCCCCCCOC(=O)OCOc1cc(F)c(-c2cc(Cn3cnc4c(N)ncnc43)c(N3CCC[C@](N)([C@H](O)C(F)F)C3)cn2)cc1F. The Morgan fingerprint density at radius 2 is 1.52 bits per heavy atom. The molecule has 1 aliphatic heterocycles. The largest absolute Gasteiger partial charge is 0.511 e. The van der Waals surface area contributed by atoms with Crippen molar-refractivity contribution in [2.24, 2.45) is 5.73 Å². The van der Waals surface area contributed by atoms with Crippen molar-refractivity contribution in [3.05, 3.63) is 54.2 Å². The van der Waals surface area contributed by atoms with Gasteiger partial charge in [0.1, 0.15) is 23.8 Å². The number of benzene rings is 1. The van der Waals surface area contributed by atoms with Gasteiger partial charge in [0.2, 0.25) is 6.79 Å². The number of unbranched alkanes of at least 4 members (excludes halogenated alkanes) is 15. The molecule has 13 nitrogen and oxygen atoms in total. The van der Waals surface area contributed by atoms with Gasteiger partial charge in [0.25, 0.3) is 6.43 Å². The molecule has 0 bridgehead atoms. The zero-order valence-electron chi connectivity index (χ0n) is 35.3. The topological polar surface area (TPSA) is 177 Å². The minimum atomic E-state index is -3.05. The summed E-state index contributed by atoms with van der Waals surface area (Å²) >= 11 is 0. The molecule has 0 saturated carbocycles. The third-order valence-corrected chi connectivity index (χ3v) is 11.4. The Morgan fingerprint density at radius 1 is 0.869 bits per heavy atom. The van der Waals surface area contributed by atoms with Gasteiger partial charge in [-0.15, -0.1) is 0 Å². The second-order valence-electron chi connectivity index (χ2n) is 16.1. The number of piperidine rings is 1. The Balaban J connectivity index is 1.10. The van der Waals surface area contributed by atoms with Gasteiger partial charge in [-0.05, 0) is 37.0 Å². The summed E-state index contributed by atoms with van der Waals surface area (Å²) in [6.45, 7) is 2.11. The van der Waals surface area contributed by atoms with Crippen molar-refractivity contribution >= 4 is 28.8 Å². The number of alkyl halides is 2. The number of fused-ring (bicyclic) bond motifs is 1. The van der Waals surface area contributed by atoms with E-state index in [0.29, 0.717) is 41.8 Å². The highest BCUT2D eigenvalue weighted by Crippen LogP contribution is 2.35. The molecule has 0 radical (unpaired) electrons. The van der Waals surface area contributed by atoms with Crippen LogP contribution in [0, 0.1) is 11.6 Å². The maximum atomic E-state index is 15.6. The van der Waals surface area contributed by atoms with E-state index >= 15 is 8.78 Å². The highest BCUT2D eigenvalue weighted by atomic mass is 19.3. The number of anilines is 2. The lowest BCUT2D eigenvalue weighted by molar-refractivity contribution is -0.0529. The van der Waals surface area contributed by atoms with Crippen LogP contribution in [0.15, 0.2) is 37.1 Å². The van der Waals surface area contributed by atoms with Crippen LogP contribution < -0.4 is 21.1 Å². The van der Waals surface area contributed by atoms with Gasteiger partial charge in [-0.1, -0.05) is 103 Å². The van der Waals surface area contributed by atoms with Crippen molar-refractivity contribution < 1.29 is 41.7 Å². The number of aliphatic hydroxyl groups is 1. The fourth-order valence-corrected chi connectivity index (χ4v) is 7.88. The molecular weight excluding hydrogens is 797 g/mol. The summed E-state index contributed by atoms with van der Waals surface area (Å²) in [4.78, 5) is 30.8. The molecule has 2 atom stereocenters. The Morgan fingerprint density at radius 3 is 2.18 bits per heavy atom. The number of imidazole rings is 1. The number of carbonyl (C=O) groups excluding carboxylic acids is 1. The number of nitrogens with two attached hydrogens (primary N) is 2. The van der Waals surface area contributed by atoms with E-state index in [-0.39, 0.29) is 43.2 Å². The summed E-state index contributed by atoms with van der Waals surface area (Å²) in [5.41, 5.74) is 12.3. The van der Waals surface area contributed by atoms with Gasteiger partial charge in [0, 0.05) is 24.7 Å². The average molecular weight is 859 g/mol. The first-order valence-electron chi connectivity index (χ1n) is 21.8. The second kappa shape index (κ2) is 24.0. The fourth-order valence-electron chi connectivity index (χ4n) is 7.88. The average Bonchev–Trinajstić information content (AvgIpc) is 3.66. The van der Waals surface area contributed by atoms with Crippen LogP contribution in [-0.2, 0) is 16.0 Å². The van der Waals surface area contributed by atoms with Gasteiger partial charge in [-0.25, -0.2) is 37.3 Å². The molecule has 0 aliphatic carbocycles. The van der Waals surface area contributed by atoms with E-state index in [0.717, 1.165) is 31.4 Å². The number of carbonyl (C=O) groups is 1. The summed E-state index contributed by atoms with van der Waals surface area (Å²) < 4.78 is 75.1. The van der Waals surface area contributed by atoms with Gasteiger partial charge in [0.15, 0.2) is 23.0 Å². The van der Waals surface area contributed by atoms with Crippen LogP contribution in [0.1, 0.15) is 128 Å². The molecule has 17 heteroatoms. The molecule has 3 aromatic heterocycles. The van der Waals surface area contributed by atoms with E-state index in [2.05, 4.69) is 26.9 Å². The predicted molar refractivity (Wildman–Crippen MR) is 226 cm³/mol. The molecule has 1 aliphatic rings. The molecule has 1 fully saturated rings. The molecule has 1 aromatic carbocycles. The Hall–Kier alpha value is -4.77. The highest BCUT2D eigenvalue weighted by molar-refractivity contribution is 5.81. The van der Waals surface area contributed by atoms with Gasteiger partial charge in [0.05, 0.1) is 42.6 Å². The third kappa shape index (κ3) is 13.9. The molecule has 4 heterocycles. The van der Waals surface area contributed by atoms with Gasteiger partial charge >= 0.3 is 6.16 Å². The molecule has 336 valence electrons. The number of nitrogens with zero attached hydrogens (tertiary/aromatic N) is 6. The van der Waals surface area contributed by atoms with Crippen LogP contribution in [-0.4, -0.2) is 80.3 Å². The van der Waals surface area contributed by atoms with Crippen molar-refractivity contribution in [1.82, 2.24) is 24.5 Å². The molecule has 0 unspecified atom stereocenters. The minimum absolute atomic E-state index is 0.0535. The lowest BCUT2D eigenvalue weighted by atomic mass is 9.84. The van der Waals surface area contributed by atoms with Crippen LogP contribution in [0.4, 0.5) is 33.9 Å². The molecule has 1 saturated heterocycles. The van der Waals surface area contributed by atoms with E-state index in [1.165, 1.54) is 95.9 Å². The van der Waals surface area contributed by atoms with Crippen LogP contribution in [0.5, 0.6) is 5.75 Å². The minimum Gasteiger partial charge on any atom is -0.454 e. The van der Waals surface area contributed by atoms with E-state index in [9.17, 15) is 18.7 Å². The zero-order chi connectivity index (χ0) is 43.6. The quantitative estimate of drug-likeness (QED) is 0.0236. The lowest BCUT2D eigenvalue weighted by Crippen LogP contribution is -2.63. The molecule has 5 N–H and O–H groups in total. The number of nitrogen functional groups attached to an aromatic ring is 1. The number of aromatic nitrogens is 5.